The van der Waals surface area contributed by atoms with E-state index in [4.69, 9.17) is 21.1 Å². The zero-order chi connectivity index (χ0) is 24.4. The number of benzene rings is 3. The standard InChI is InChI=1S/C23H12ClFI2N2O5/c24-17-10-15(29(31)32)5-6-16(17)22-28-20(23(30)34-22)9-13-7-18(26)21(19(27)8-13)33-11-12-1-3-14(25)4-2-12/h1-10H,11H2/b20-9-. The molecular formula is C23H12ClFI2N2O5. The number of esters is 1. The molecule has 1 aliphatic rings. The molecule has 4 rings (SSSR count). The van der Waals surface area contributed by atoms with Crippen LogP contribution in [0.4, 0.5) is 10.1 Å². The number of ether oxygens (including phenoxy) is 2. The number of aliphatic imine (C=N–C) groups is 1. The number of nitro groups is 1. The van der Waals surface area contributed by atoms with Crippen molar-refractivity contribution < 1.29 is 23.6 Å². The van der Waals surface area contributed by atoms with Crippen LogP contribution in [0.25, 0.3) is 6.08 Å². The summed E-state index contributed by atoms with van der Waals surface area (Å²) in [7, 11) is 0. The number of hydrogen-bond acceptors (Lipinski definition) is 6. The van der Waals surface area contributed by atoms with E-state index in [1.54, 1.807) is 18.2 Å². The minimum Gasteiger partial charge on any atom is -0.487 e. The molecule has 7 nitrogen and oxygen atoms in total. The van der Waals surface area contributed by atoms with Crippen LogP contribution in [-0.2, 0) is 16.1 Å². The Morgan fingerprint density at radius 1 is 1.12 bits per heavy atom. The maximum atomic E-state index is 13.1. The van der Waals surface area contributed by atoms with Crippen molar-refractivity contribution in [2.75, 3.05) is 0 Å². The number of cyclic esters (lactones) is 1. The van der Waals surface area contributed by atoms with Gasteiger partial charge in [0.1, 0.15) is 18.2 Å². The van der Waals surface area contributed by atoms with Crippen LogP contribution in [-0.4, -0.2) is 16.8 Å². The van der Waals surface area contributed by atoms with E-state index < -0.39 is 10.9 Å². The molecule has 0 saturated carbocycles. The Kier molecular flexibility index (Phi) is 7.48. The van der Waals surface area contributed by atoms with Crippen molar-refractivity contribution in [3.63, 3.8) is 0 Å². The lowest BCUT2D eigenvalue weighted by Gasteiger charge is -2.11. The normalized spacial score (nSPS) is 14.2. The average molecular weight is 705 g/mol. The number of non-ortho nitro benzene ring substituents is 1. The summed E-state index contributed by atoms with van der Waals surface area (Å²) in [5.41, 5.74) is 1.70. The molecule has 34 heavy (non-hydrogen) atoms. The first-order valence-electron chi connectivity index (χ1n) is 9.54. The fourth-order valence-corrected chi connectivity index (χ4v) is 5.39. The highest BCUT2D eigenvalue weighted by atomic mass is 127. The van der Waals surface area contributed by atoms with Gasteiger partial charge >= 0.3 is 5.97 Å². The average Bonchev–Trinajstić information content (AvgIpc) is 3.14. The Labute approximate surface area is 225 Å². The zero-order valence-corrected chi connectivity index (χ0v) is 22.0. The van der Waals surface area contributed by atoms with E-state index in [1.165, 1.54) is 30.3 Å². The van der Waals surface area contributed by atoms with Crippen molar-refractivity contribution in [2.24, 2.45) is 4.99 Å². The molecule has 0 unspecified atom stereocenters. The topological polar surface area (TPSA) is 91.0 Å². The van der Waals surface area contributed by atoms with Gasteiger partial charge in [0.15, 0.2) is 5.70 Å². The zero-order valence-electron chi connectivity index (χ0n) is 16.9. The summed E-state index contributed by atoms with van der Waals surface area (Å²) < 4.78 is 25.8. The van der Waals surface area contributed by atoms with Crippen LogP contribution in [0.2, 0.25) is 5.02 Å². The van der Waals surface area contributed by atoms with Gasteiger partial charge in [-0.3, -0.25) is 10.1 Å². The fraction of sp³-hybridized carbons (Fsp3) is 0.0435. The predicted octanol–water partition coefficient (Wildman–Crippen LogP) is 6.52. The summed E-state index contributed by atoms with van der Waals surface area (Å²) in [5.74, 6) is -0.327. The lowest BCUT2D eigenvalue weighted by Crippen LogP contribution is -2.06. The third-order valence-electron chi connectivity index (χ3n) is 4.63. The number of rotatable bonds is 6. The predicted molar refractivity (Wildman–Crippen MR) is 141 cm³/mol. The van der Waals surface area contributed by atoms with Crippen molar-refractivity contribution in [2.45, 2.75) is 6.61 Å². The monoisotopic (exact) mass is 704 g/mol. The molecule has 0 radical (unpaired) electrons. The van der Waals surface area contributed by atoms with Gasteiger partial charge in [0.05, 0.1) is 22.6 Å². The Bertz CT molecular complexity index is 1350. The van der Waals surface area contributed by atoms with E-state index in [9.17, 15) is 19.3 Å². The molecule has 1 heterocycles. The van der Waals surface area contributed by atoms with Crippen molar-refractivity contribution in [1.82, 2.24) is 0 Å². The Morgan fingerprint density at radius 2 is 1.79 bits per heavy atom. The van der Waals surface area contributed by atoms with E-state index in [0.29, 0.717) is 11.3 Å². The number of nitro benzene ring substituents is 1. The molecule has 0 bridgehead atoms. The molecule has 0 aromatic heterocycles. The third kappa shape index (κ3) is 5.55. The van der Waals surface area contributed by atoms with Crippen molar-refractivity contribution in [3.05, 3.63) is 105 Å². The molecule has 3 aromatic carbocycles. The van der Waals surface area contributed by atoms with Gasteiger partial charge in [0, 0.05) is 12.1 Å². The van der Waals surface area contributed by atoms with Crippen LogP contribution in [0.15, 0.2) is 65.3 Å². The second-order valence-electron chi connectivity index (χ2n) is 6.99. The molecule has 0 N–H and O–H groups in total. The van der Waals surface area contributed by atoms with Gasteiger partial charge in [-0.15, -0.1) is 0 Å². The highest BCUT2D eigenvalue weighted by Crippen LogP contribution is 2.32. The molecule has 0 aliphatic carbocycles. The first-order chi connectivity index (χ1) is 16.2. The van der Waals surface area contributed by atoms with E-state index in [-0.39, 0.29) is 40.3 Å². The van der Waals surface area contributed by atoms with Gasteiger partial charge in [-0.25, -0.2) is 14.2 Å². The highest BCUT2D eigenvalue weighted by molar-refractivity contribution is 14.1. The smallest absolute Gasteiger partial charge is 0.363 e. The molecule has 3 aromatic rings. The van der Waals surface area contributed by atoms with Crippen LogP contribution in [0.3, 0.4) is 0 Å². The quantitative estimate of drug-likeness (QED) is 0.0959. The minimum atomic E-state index is -0.661. The number of nitrogens with zero attached hydrogens (tertiary/aromatic N) is 2. The van der Waals surface area contributed by atoms with Gasteiger partial charge in [-0.2, -0.15) is 0 Å². The first kappa shape index (κ1) is 24.5. The molecule has 1 aliphatic heterocycles. The fourth-order valence-electron chi connectivity index (χ4n) is 3.01. The van der Waals surface area contributed by atoms with E-state index in [2.05, 4.69) is 50.2 Å². The van der Waals surface area contributed by atoms with Crippen molar-refractivity contribution in [1.29, 1.82) is 0 Å². The van der Waals surface area contributed by atoms with Gasteiger partial charge in [-0.1, -0.05) is 23.7 Å². The number of halogens is 4. The Morgan fingerprint density at radius 3 is 2.41 bits per heavy atom. The van der Waals surface area contributed by atoms with Crippen molar-refractivity contribution >= 4 is 80.4 Å². The van der Waals surface area contributed by atoms with Crippen LogP contribution in [0.5, 0.6) is 5.75 Å². The summed E-state index contributed by atoms with van der Waals surface area (Å²) in [4.78, 5) is 26.9. The third-order valence-corrected chi connectivity index (χ3v) is 6.55. The maximum absolute atomic E-state index is 13.1. The van der Waals surface area contributed by atoms with Gasteiger partial charge in [0.2, 0.25) is 5.90 Å². The van der Waals surface area contributed by atoms with Crippen LogP contribution < -0.4 is 4.74 Å². The summed E-state index contributed by atoms with van der Waals surface area (Å²) in [5, 5.41) is 10.9. The maximum Gasteiger partial charge on any atom is 0.363 e. The molecule has 172 valence electrons. The molecular weight excluding hydrogens is 693 g/mol. The first-order valence-corrected chi connectivity index (χ1v) is 12.1. The lowest BCUT2D eigenvalue weighted by atomic mass is 10.2. The van der Waals surface area contributed by atoms with E-state index in [0.717, 1.165) is 12.7 Å². The van der Waals surface area contributed by atoms with E-state index in [1.807, 2.05) is 12.1 Å². The molecule has 0 spiro atoms. The van der Waals surface area contributed by atoms with Crippen LogP contribution in [0, 0.1) is 23.1 Å². The van der Waals surface area contributed by atoms with Gasteiger partial charge in [-0.05, 0) is 92.7 Å². The van der Waals surface area contributed by atoms with Gasteiger partial charge in [0.25, 0.3) is 5.69 Å². The molecule has 0 amide bonds. The second-order valence-corrected chi connectivity index (χ2v) is 9.72. The lowest BCUT2D eigenvalue weighted by molar-refractivity contribution is -0.384. The molecule has 11 heteroatoms. The number of hydrogen-bond donors (Lipinski definition) is 0. The summed E-state index contributed by atoms with van der Waals surface area (Å²) in [6, 6.07) is 13.5. The minimum absolute atomic E-state index is 0.0280. The second kappa shape index (κ2) is 10.4. The van der Waals surface area contributed by atoms with Crippen LogP contribution >= 0.6 is 56.8 Å². The number of carbonyl (C=O) groups excluding carboxylic acids is 1. The van der Waals surface area contributed by atoms with E-state index >= 15 is 0 Å². The summed E-state index contributed by atoms with van der Waals surface area (Å²) in [6.07, 6.45) is 1.57. The largest absolute Gasteiger partial charge is 0.487 e. The molecule has 0 fully saturated rings. The molecule has 0 saturated heterocycles. The highest BCUT2D eigenvalue weighted by Gasteiger charge is 2.26. The summed E-state index contributed by atoms with van der Waals surface area (Å²) in [6.45, 7) is 0.280. The summed E-state index contributed by atoms with van der Waals surface area (Å²) >= 11 is 10.4. The Hall–Kier alpha value is -2.58. The van der Waals surface area contributed by atoms with Gasteiger partial charge < -0.3 is 9.47 Å². The SMILES string of the molecule is O=C1OC(c2ccc([N+](=O)[O-])cc2Cl)=N/C1=C\c1cc(I)c(OCc2ccc(F)cc2)c(I)c1. The van der Waals surface area contributed by atoms with Crippen molar-refractivity contribution in [3.8, 4) is 5.75 Å². The molecule has 0 atom stereocenters. The Balaban J connectivity index is 1.56. The number of carbonyl (C=O) groups is 1. The van der Waals surface area contributed by atoms with Crippen LogP contribution in [0.1, 0.15) is 16.7 Å².